The zero-order valence-electron chi connectivity index (χ0n) is 9.73. The quantitative estimate of drug-likeness (QED) is 0.573. The van der Waals surface area contributed by atoms with Gasteiger partial charge in [0, 0.05) is 12.5 Å². The van der Waals surface area contributed by atoms with E-state index in [0.717, 1.165) is 5.56 Å². The zero-order valence-corrected chi connectivity index (χ0v) is 9.73. The van der Waals surface area contributed by atoms with Gasteiger partial charge in [-0.1, -0.05) is 6.07 Å². The first-order chi connectivity index (χ1) is 8.21. The molecule has 0 radical (unpaired) electrons. The van der Waals surface area contributed by atoms with E-state index in [4.69, 9.17) is 9.47 Å². The van der Waals surface area contributed by atoms with Crippen molar-refractivity contribution in [3.63, 3.8) is 0 Å². The fourth-order valence-corrected chi connectivity index (χ4v) is 1.41. The number of aliphatic imine (C=N–C) groups is 1. The number of nitrogens with zero attached hydrogens (tertiary/aromatic N) is 1. The molecule has 90 valence electrons. The van der Waals surface area contributed by atoms with Gasteiger partial charge in [0.05, 0.1) is 14.2 Å². The van der Waals surface area contributed by atoms with Gasteiger partial charge in [-0.3, -0.25) is 4.79 Å². The Morgan fingerprint density at radius 3 is 2.71 bits per heavy atom. The number of hydrogen-bond acceptors (Lipinski definition) is 4. The zero-order chi connectivity index (χ0) is 12.7. The van der Waals surface area contributed by atoms with E-state index in [-0.39, 0.29) is 6.42 Å². The third-order valence-corrected chi connectivity index (χ3v) is 2.27. The second kappa shape index (κ2) is 6.45. The maximum Gasteiger partial charge on any atom is 0.256 e. The molecule has 17 heavy (non-hydrogen) atoms. The number of aryl methyl sites for hydroxylation is 1. The normalized spacial score (nSPS) is 9.29. The number of isocyanates is 1. The van der Waals surface area contributed by atoms with Gasteiger partial charge in [0.1, 0.15) is 11.5 Å². The Labute approximate surface area is 99.1 Å². The molecule has 0 aliphatic heterocycles. The number of hydrogen-bond donors (Lipinski definition) is 0. The molecule has 0 atom stereocenters. The Morgan fingerprint density at radius 2 is 2.12 bits per heavy atom. The molecule has 1 amide bonds. The van der Waals surface area contributed by atoms with E-state index in [2.05, 4.69) is 4.99 Å². The van der Waals surface area contributed by atoms with Crippen LogP contribution in [0, 0.1) is 0 Å². The van der Waals surface area contributed by atoms with E-state index in [1.54, 1.807) is 26.4 Å². The van der Waals surface area contributed by atoms with Gasteiger partial charge in [0.2, 0.25) is 6.08 Å². The molecule has 0 saturated carbocycles. The van der Waals surface area contributed by atoms with E-state index in [1.165, 1.54) is 6.08 Å². The summed E-state index contributed by atoms with van der Waals surface area (Å²) in [5.74, 6) is 0.841. The van der Waals surface area contributed by atoms with Gasteiger partial charge in [0.15, 0.2) is 0 Å². The largest absolute Gasteiger partial charge is 0.497 e. The monoisotopic (exact) mass is 235 g/mol. The maximum absolute atomic E-state index is 11.0. The Balaban J connectivity index is 2.76. The van der Waals surface area contributed by atoms with Gasteiger partial charge in [-0.15, -0.1) is 4.99 Å². The summed E-state index contributed by atoms with van der Waals surface area (Å²) in [5.41, 5.74) is 0.864. The Morgan fingerprint density at radius 1 is 1.35 bits per heavy atom. The molecular formula is C12H13NO4. The SMILES string of the molecule is COc1ccc(CCC(=O)N=C=O)c(OC)c1. The lowest BCUT2D eigenvalue weighted by atomic mass is 10.1. The summed E-state index contributed by atoms with van der Waals surface area (Å²) in [5, 5.41) is 0. The van der Waals surface area contributed by atoms with E-state index in [0.29, 0.717) is 17.9 Å². The molecule has 5 heteroatoms. The van der Waals surface area contributed by atoms with Crippen LogP contribution in [-0.2, 0) is 16.0 Å². The number of rotatable bonds is 5. The summed E-state index contributed by atoms with van der Waals surface area (Å²) in [4.78, 5) is 23.9. The standard InChI is InChI=1S/C12H13NO4/c1-16-10-5-3-9(11(7-10)17-2)4-6-12(15)13-8-14/h3,5,7H,4,6H2,1-2H3. The van der Waals surface area contributed by atoms with Gasteiger partial charge < -0.3 is 9.47 Å². The molecule has 1 rings (SSSR count). The van der Waals surface area contributed by atoms with Crippen LogP contribution in [0.1, 0.15) is 12.0 Å². The molecule has 0 N–H and O–H groups in total. The lowest BCUT2D eigenvalue weighted by molar-refractivity contribution is -0.117. The first-order valence-corrected chi connectivity index (χ1v) is 5.03. The van der Waals surface area contributed by atoms with Crippen molar-refractivity contribution in [2.45, 2.75) is 12.8 Å². The van der Waals surface area contributed by atoms with Gasteiger partial charge in [-0.2, -0.15) is 0 Å². The molecule has 0 unspecified atom stereocenters. The van der Waals surface area contributed by atoms with Crippen molar-refractivity contribution in [1.82, 2.24) is 0 Å². The van der Waals surface area contributed by atoms with Crippen LogP contribution in [0.2, 0.25) is 0 Å². The molecule has 5 nitrogen and oxygen atoms in total. The first kappa shape index (κ1) is 12.9. The molecule has 0 fully saturated rings. The molecule has 1 aromatic rings. The van der Waals surface area contributed by atoms with Crippen molar-refractivity contribution in [1.29, 1.82) is 0 Å². The number of carbonyl (C=O) groups is 1. The van der Waals surface area contributed by atoms with Crippen LogP contribution in [0.25, 0.3) is 0 Å². The van der Waals surface area contributed by atoms with Crippen molar-refractivity contribution in [2.24, 2.45) is 4.99 Å². The molecule has 1 aromatic carbocycles. The summed E-state index contributed by atoms with van der Waals surface area (Å²) < 4.78 is 10.2. The fourth-order valence-electron chi connectivity index (χ4n) is 1.41. The van der Waals surface area contributed by atoms with Gasteiger partial charge in [-0.05, 0) is 18.1 Å². The second-order valence-electron chi connectivity index (χ2n) is 3.27. The minimum atomic E-state index is -0.488. The Bertz CT molecular complexity index is 450. The van der Waals surface area contributed by atoms with Gasteiger partial charge in [0.25, 0.3) is 5.91 Å². The second-order valence-corrected chi connectivity index (χ2v) is 3.27. The maximum atomic E-state index is 11.0. The van der Waals surface area contributed by atoms with E-state index in [1.807, 2.05) is 6.07 Å². The van der Waals surface area contributed by atoms with E-state index >= 15 is 0 Å². The molecule has 0 heterocycles. The summed E-state index contributed by atoms with van der Waals surface area (Å²) in [6, 6.07) is 5.34. The summed E-state index contributed by atoms with van der Waals surface area (Å²) in [7, 11) is 3.11. The average molecular weight is 235 g/mol. The lowest BCUT2D eigenvalue weighted by Gasteiger charge is -2.09. The predicted octanol–water partition coefficient (Wildman–Crippen LogP) is 1.50. The molecule has 0 bridgehead atoms. The van der Waals surface area contributed by atoms with Crippen LogP contribution >= 0.6 is 0 Å². The topological polar surface area (TPSA) is 65.0 Å². The van der Waals surface area contributed by atoms with Crippen molar-refractivity contribution < 1.29 is 19.1 Å². The Hall–Kier alpha value is -2.13. The lowest BCUT2D eigenvalue weighted by Crippen LogP contribution is -1.99. The third kappa shape index (κ3) is 3.74. The molecule has 0 saturated heterocycles. The summed E-state index contributed by atoms with van der Waals surface area (Å²) >= 11 is 0. The van der Waals surface area contributed by atoms with Crippen LogP contribution in [-0.4, -0.2) is 26.2 Å². The van der Waals surface area contributed by atoms with E-state index < -0.39 is 5.91 Å². The third-order valence-electron chi connectivity index (χ3n) is 2.27. The summed E-state index contributed by atoms with van der Waals surface area (Å²) in [6.07, 6.45) is 1.83. The highest BCUT2D eigenvalue weighted by molar-refractivity contribution is 5.81. The smallest absolute Gasteiger partial charge is 0.256 e. The minimum absolute atomic E-state index is 0.151. The van der Waals surface area contributed by atoms with Gasteiger partial charge in [-0.25, -0.2) is 4.79 Å². The van der Waals surface area contributed by atoms with Crippen molar-refractivity contribution in [3.05, 3.63) is 23.8 Å². The van der Waals surface area contributed by atoms with E-state index in [9.17, 15) is 9.59 Å². The average Bonchev–Trinajstić information content (AvgIpc) is 2.36. The highest BCUT2D eigenvalue weighted by Gasteiger charge is 2.07. The molecule has 0 aliphatic rings. The van der Waals surface area contributed by atoms with Crippen LogP contribution in [0.4, 0.5) is 0 Å². The molecule has 0 aromatic heterocycles. The van der Waals surface area contributed by atoms with Crippen molar-refractivity contribution >= 4 is 12.0 Å². The number of benzene rings is 1. The van der Waals surface area contributed by atoms with Crippen LogP contribution in [0.15, 0.2) is 23.2 Å². The van der Waals surface area contributed by atoms with Crippen LogP contribution in [0.3, 0.4) is 0 Å². The number of methoxy groups -OCH3 is 2. The molecule has 0 spiro atoms. The minimum Gasteiger partial charge on any atom is -0.497 e. The number of amides is 1. The molecule has 0 aliphatic carbocycles. The van der Waals surface area contributed by atoms with Crippen molar-refractivity contribution in [3.8, 4) is 11.5 Å². The summed E-state index contributed by atoms with van der Waals surface area (Å²) in [6.45, 7) is 0. The van der Waals surface area contributed by atoms with Crippen LogP contribution < -0.4 is 9.47 Å². The highest BCUT2D eigenvalue weighted by Crippen LogP contribution is 2.25. The molecular weight excluding hydrogens is 222 g/mol. The highest BCUT2D eigenvalue weighted by atomic mass is 16.5. The van der Waals surface area contributed by atoms with Crippen molar-refractivity contribution in [2.75, 3.05) is 14.2 Å². The number of carbonyl (C=O) groups excluding carboxylic acids is 2. The Kier molecular flexibility index (Phi) is 4.91. The number of ether oxygens (including phenoxy) is 2. The predicted molar refractivity (Wildman–Crippen MR) is 61.0 cm³/mol. The fraction of sp³-hybridized carbons (Fsp3) is 0.333. The van der Waals surface area contributed by atoms with Crippen LogP contribution in [0.5, 0.6) is 11.5 Å². The van der Waals surface area contributed by atoms with Gasteiger partial charge >= 0.3 is 0 Å². The first-order valence-electron chi connectivity index (χ1n) is 5.03.